The fourth-order valence-corrected chi connectivity index (χ4v) is 5.06. The fourth-order valence-electron chi connectivity index (χ4n) is 2.47. The molecule has 1 aromatic carbocycles. The number of carbonyl (C=O) groups is 1. The molecule has 0 bridgehead atoms. The van der Waals surface area contributed by atoms with Crippen LogP contribution in [-0.2, 0) is 21.4 Å². The van der Waals surface area contributed by atoms with Crippen molar-refractivity contribution in [3.8, 4) is 10.4 Å². The fraction of sp³-hybridized carbons (Fsp3) is 0.167. The first kappa shape index (κ1) is 21.7. The van der Waals surface area contributed by atoms with Gasteiger partial charge in [0, 0.05) is 30.3 Å². The van der Waals surface area contributed by atoms with Crippen molar-refractivity contribution < 1.29 is 13.2 Å². The van der Waals surface area contributed by atoms with E-state index >= 15 is 0 Å². The number of pyridine rings is 1. The Balaban J connectivity index is 1.89. The SMILES string of the molecule is CC(=O)Nc1nc(C)c(-c2cnc(Cl)c(S(=O)(=O)NCc3ccc(Cl)cc3)c2)s1. The van der Waals surface area contributed by atoms with Crippen molar-refractivity contribution in [3.05, 3.63) is 58.0 Å². The summed E-state index contributed by atoms with van der Waals surface area (Å²) in [5.41, 5.74) is 1.92. The Bertz CT molecular complexity index is 1160. The Hall–Kier alpha value is -2.04. The molecule has 0 aliphatic carbocycles. The molecule has 2 aromatic heterocycles. The number of anilines is 1. The first-order valence-electron chi connectivity index (χ1n) is 8.31. The van der Waals surface area contributed by atoms with E-state index in [1.54, 1.807) is 31.2 Å². The van der Waals surface area contributed by atoms with E-state index in [0.717, 1.165) is 5.56 Å². The number of rotatable bonds is 6. The topological polar surface area (TPSA) is 101 Å². The van der Waals surface area contributed by atoms with Gasteiger partial charge in [0.1, 0.15) is 10.0 Å². The smallest absolute Gasteiger partial charge is 0.243 e. The lowest BCUT2D eigenvalue weighted by Crippen LogP contribution is -2.23. The zero-order valence-electron chi connectivity index (χ0n) is 15.4. The lowest BCUT2D eigenvalue weighted by atomic mass is 10.2. The van der Waals surface area contributed by atoms with Crippen LogP contribution in [0.3, 0.4) is 0 Å². The minimum Gasteiger partial charge on any atom is -0.302 e. The van der Waals surface area contributed by atoms with E-state index in [9.17, 15) is 13.2 Å². The normalized spacial score (nSPS) is 11.4. The molecule has 2 N–H and O–H groups in total. The van der Waals surface area contributed by atoms with Gasteiger partial charge in [-0.05, 0) is 30.7 Å². The van der Waals surface area contributed by atoms with E-state index in [4.69, 9.17) is 23.2 Å². The summed E-state index contributed by atoms with van der Waals surface area (Å²) in [6.45, 7) is 3.22. The van der Waals surface area contributed by atoms with Gasteiger partial charge in [-0.15, -0.1) is 0 Å². The zero-order chi connectivity index (χ0) is 21.2. The molecule has 7 nitrogen and oxygen atoms in total. The highest BCUT2D eigenvalue weighted by Crippen LogP contribution is 2.34. The molecule has 0 unspecified atom stereocenters. The zero-order valence-corrected chi connectivity index (χ0v) is 18.5. The first-order valence-corrected chi connectivity index (χ1v) is 11.4. The second-order valence-corrected chi connectivity index (χ2v) is 9.61. The Morgan fingerprint density at radius 3 is 2.55 bits per heavy atom. The van der Waals surface area contributed by atoms with E-state index in [1.165, 1.54) is 30.5 Å². The number of aromatic nitrogens is 2. The highest BCUT2D eigenvalue weighted by Gasteiger charge is 2.21. The number of hydrogen-bond acceptors (Lipinski definition) is 6. The van der Waals surface area contributed by atoms with Crippen molar-refractivity contribution in [1.29, 1.82) is 0 Å². The maximum Gasteiger partial charge on any atom is 0.243 e. The second-order valence-electron chi connectivity index (χ2n) is 6.08. The van der Waals surface area contributed by atoms with E-state index in [1.807, 2.05) is 0 Å². The average Bonchev–Trinajstić information content (AvgIpc) is 3.01. The summed E-state index contributed by atoms with van der Waals surface area (Å²) in [5.74, 6) is -0.241. The number of sulfonamides is 1. The van der Waals surface area contributed by atoms with Crippen molar-refractivity contribution in [2.45, 2.75) is 25.3 Å². The molecule has 0 fully saturated rings. The standard InChI is InChI=1S/C18H16Cl2N4O3S2/c1-10-16(28-18(23-10)24-11(2)25)13-7-15(17(20)21-9-13)29(26,27)22-8-12-3-5-14(19)6-4-12/h3-7,9,22H,8H2,1-2H3,(H,23,24,25). The molecule has 11 heteroatoms. The van der Waals surface area contributed by atoms with E-state index in [-0.39, 0.29) is 22.5 Å². The number of nitrogens with one attached hydrogen (secondary N) is 2. The van der Waals surface area contributed by atoms with Crippen molar-refractivity contribution in [1.82, 2.24) is 14.7 Å². The number of carbonyl (C=O) groups excluding carboxylic acids is 1. The number of hydrogen-bond donors (Lipinski definition) is 2. The van der Waals surface area contributed by atoms with Crippen LogP contribution in [0.4, 0.5) is 5.13 Å². The summed E-state index contributed by atoms with van der Waals surface area (Å²) in [4.78, 5) is 20.1. The predicted octanol–water partition coefficient (Wildman–Crippen LogP) is 4.26. The Labute approximate surface area is 182 Å². The van der Waals surface area contributed by atoms with E-state index < -0.39 is 10.0 Å². The van der Waals surface area contributed by atoms with Crippen LogP contribution in [0.1, 0.15) is 18.2 Å². The van der Waals surface area contributed by atoms with Gasteiger partial charge in [0.05, 0.1) is 10.6 Å². The predicted molar refractivity (Wildman–Crippen MR) is 115 cm³/mol. The van der Waals surface area contributed by atoms with Crippen LogP contribution in [0.15, 0.2) is 41.4 Å². The van der Waals surface area contributed by atoms with Crippen LogP contribution in [-0.4, -0.2) is 24.3 Å². The van der Waals surface area contributed by atoms with Crippen molar-refractivity contribution in [2.24, 2.45) is 0 Å². The van der Waals surface area contributed by atoms with E-state index in [2.05, 4.69) is 20.0 Å². The number of halogens is 2. The lowest BCUT2D eigenvalue weighted by molar-refractivity contribution is -0.114. The van der Waals surface area contributed by atoms with E-state index in [0.29, 0.717) is 26.3 Å². The van der Waals surface area contributed by atoms with Gasteiger partial charge in [0.2, 0.25) is 15.9 Å². The van der Waals surface area contributed by atoms with Crippen LogP contribution < -0.4 is 10.0 Å². The molecule has 1 amide bonds. The summed E-state index contributed by atoms with van der Waals surface area (Å²) in [6.07, 6.45) is 1.47. The molecule has 0 saturated heterocycles. The van der Waals surface area contributed by atoms with Crippen LogP contribution in [0.2, 0.25) is 10.2 Å². The molecule has 0 aliphatic rings. The highest BCUT2D eigenvalue weighted by molar-refractivity contribution is 7.89. The summed E-state index contributed by atoms with van der Waals surface area (Å²) in [6, 6.07) is 8.26. The molecule has 0 spiro atoms. The number of amides is 1. The molecule has 0 aliphatic heterocycles. The highest BCUT2D eigenvalue weighted by atomic mass is 35.5. The van der Waals surface area contributed by atoms with Gasteiger partial charge in [-0.3, -0.25) is 4.79 Å². The molecule has 3 rings (SSSR count). The van der Waals surface area contributed by atoms with Crippen LogP contribution in [0, 0.1) is 6.92 Å². The van der Waals surface area contributed by atoms with Gasteiger partial charge in [0.15, 0.2) is 5.13 Å². The van der Waals surface area contributed by atoms with Crippen molar-refractivity contribution in [3.63, 3.8) is 0 Å². The summed E-state index contributed by atoms with van der Waals surface area (Å²) in [5, 5.41) is 3.47. The van der Waals surface area contributed by atoms with Crippen molar-refractivity contribution >= 4 is 55.6 Å². The molecular formula is C18H16Cl2N4O3S2. The Morgan fingerprint density at radius 2 is 1.90 bits per heavy atom. The first-order chi connectivity index (χ1) is 13.7. The summed E-state index contributed by atoms with van der Waals surface area (Å²) >= 11 is 13.1. The lowest BCUT2D eigenvalue weighted by Gasteiger charge is -2.10. The van der Waals surface area contributed by atoms with Gasteiger partial charge < -0.3 is 5.32 Å². The molecule has 0 saturated carbocycles. The number of benzene rings is 1. The molecule has 29 heavy (non-hydrogen) atoms. The number of nitrogens with zero attached hydrogens (tertiary/aromatic N) is 2. The summed E-state index contributed by atoms with van der Waals surface area (Å²) in [7, 11) is -3.92. The van der Waals surface area contributed by atoms with Gasteiger partial charge in [0.25, 0.3) is 0 Å². The number of thiazole rings is 1. The maximum atomic E-state index is 12.8. The third kappa shape index (κ3) is 5.31. The maximum absolute atomic E-state index is 12.8. The Kier molecular flexibility index (Phi) is 6.55. The minimum absolute atomic E-state index is 0.0757. The molecule has 152 valence electrons. The Morgan fingerprint density at radius 1 is 1.21 bits per heavy atom. The van der Waals surface area contributed by atoms with Gasteiger partial charge in [-0.1, -0.05) is 46.7 Å². The van der Waals surface area contributed by atoms with Crippen LogP contribution in [0.5, 0.6) is 0 Å². The van der Waals surface area contributed by atoms with Crippen LogP contribution >= 0.6 is 34.5 Å². The van der Waals surface area contributed by atoms with Gasteiger partial charge in [-0.2, -0.15) is 0 Å². The summed E-state index contributed by atoms with van der Waals surface area (Å²) < 4.78 is 28.1. The average molecular weight is 471 g/mol. The molecule has 3 aromatic rings. The second kappa shape index (κ2) is 8.76. The third-order valence-electron chi connectivity index (χ3n) is 3.82. The molecule has 0 atom stereocenters. The van der Waals surface area contributed by atoms with Crippen molar-refractivity contribution in [2.75, 3.05) is 5.32 Å². The van der Waals surface area contributed by atoms with Gasteiger partial charge in [-0.25, -0.2) is 23.1 Å². The third-order valence-corrected chi connectivity index (χ3v) is 7.02. The van der Waals surface area contributed by atoms with Crippen LogP contribution in [0.25, 0.3) is 10.4 Å². The largest absolute Gasteiger partial charge is 0.302 e. The number of aryl methyl sites for hydroxylation is 1. The van der Waals surface area contributed by atoms with Gasteiger partial charge >= 0.3 is 0 Å². The monoisotopic (exact) mass is 470 g/mol. The quantitative estimate of drug-likeness (QED) is 0.524. The molecule has 0 radical (unpaired) electrons. The molecule has 2 heterocycles. The molecular weight excluding hydrogens is 455 g/mol. The minimum atomic E-state index is -3.92.